The molecule has 2 aromatic rings. The molecule has 0 bridgehead atoms. The predicted octanol–water partition coefficient (Wildman–Crippen LogP) is 3.31. The number of sulfonamides is 1. The summed E-state index contributed by atoms with van der Waals surface area (Å²) in [7, 11) is -2.22. The maximum atomic E-state index is 12.7. The number of piperidine rings is 1. The summed E-state index contributed by atoms with van der Waals surface area (Å²) in [5, 5.41) is 3.26. The molecule has 0 radical (unpaired) electrons. The molecule has 0 atom stereocenters. The van der Waals surface area contributed by atoms with Crippen molar-refractivity contribution in [1.29, 1.82) is 0 Å². The van der Waals surface area contributed by atoms with Crippen LogP contribution in [0.25, 0.3) is 0 Å². The van der Waals surface area contributed by atoms with Gasteiger partial charge in [-0.05, 0) is 42.7 Å². The number of nitrogens with zero attached hydrogens (tertiary/aromatic N) is 1. The Bertz CT molecular complexity index is 1030. The molecule has 0 unspecified atom stereocenters. The number of hydrogen-bond donors (Lipinski definition) is 1. The van der Waals surface area contributed by atoms with Crippen LogP contribution < -0.4 is 5.32 Å². The molecule has 0 aliphatic carbocycles. The second kappa shape index (κ2) is 9.59. The largest absolute Gasteiger partial charge is 0.465 e. The molecule has 1 heterocycles. The van der Waals surface area contributed by atoms with Crippen molar-refractivity contribution in [3.05, 3.63) is 64.7 Å². The minimum Gasteiger partial charge on any atom is -0.465 e. The lowest BCUT2D eigenvalue weighted by molar-refractivity contribution is -0.120. The van der Waals surface area contributed by atoms with Gasteiger partial charge in [0.05, 0.1) is 24.1 Å². The zero-order valence-electron chi connectivity index (χ0n) is 16.5. The maximum Gasteiger partial charge on any atom is 0.339 e. The lowest BCUT2D eigenvalue weighted by Gasteiger charge is -2.30. The fourth-order valence-electron chi connectivity index (χ4n) is 3.44. The molecule has 9 heteroatoms. The maximum absolute atomic E-state index is 12.7. The lowest BCUT2D eigenvalue weighted by Crippen LogP contribution is -2.42. The summed E-state index contributed by atoms with van der Waals surface area (Å²) in [5.74, 6) is -1.24. The monoisotopic (exact) mass is 450 g/mol. The van der Waals surface area contributed by atoms with E-state index >= 15 is 0 Å². The number of carbonyl (C=O) groups is 2. The highest BCUT2D eigenvalue weighted by Crippen LogP contribution is 2.25. The molecule has 3 rings (SSSR count). The van der Waals surface area contributed by atoms with Gasteiger partial charge in [-0.15, -0.1) is 0 Å². The Labute approximate surface area is 181 Å². The standard InChI is InChI=1S/C21H23ClN2O5S/c1-29-21(26)18-7-2-3-8-19(18)23-20(25)16-9-11-24(12-10-16)30(27,28)14-15-5-4-6-17(22)13-15/h2-8,13,16H,9-12,14H2,1H3,(H,23,25). The second-order valence-electron chi connectivity index (χ2n) is 7.09. The molecule has 2 aromatic carbocycles. The van der Waals surface area contributed by atoms with E-state index in [1.54, 1.807) is 48.5 Å². The van der Waals surface area contributed by atoms with E-state index in [2.05, 4.69) is 5.32 Å². The molecule has 0 aromatic heterocycles. The van der Waals surface area contributed by atoms with E-state index in [-0.39, 0.29) is 36.2 Å². The molecule has 30 heavy (non-hydrogen) atoms. The number of hydrogen-bond acceptors (Lipinski definition) is 5. The highest BCUT2D eigenvalue weighted by molar-refractivity contribution is 7.88. The van der Waals surface area contributed by atoms with E-state index in [9.17, 15) is 18.0 Å². The summed E-state index contributed by atoms with van der Waals surface area (Å²) in [6.45, 7) is 0.527. The molecule has 0 spiro atoms. The topological polar surface area (TPSA) is 92.8 Å². The van der Waals surface area contributed by atoms with Gasteiger partial charge in [-0.2, -0.15) is 0 Å². The first-order valence-corrected chi connectivity index (χ1v) is 11.5. The van der Waals surface area contributed by atoms with E-state index in [4.69, 9.17) is 16.3 Å². The highest BCUT2D eigenvalue weighted by atomic mass is 35.5. The molecule has 1 aliphatic heterocycles. The third-order valence-electron chi connectivity index (χ3n) is 5.05. The van der Waals surface area contributed by atoms with Crippen LogP contribution >= 0.6 is 11.6 Å². The number of amides is 1. The number of anilines is 1. The molecule has 1 fully saturated rings. The minimum absolute atomic E-state index is 0.128. The summed E-state index contributed by atoms with van der Waals surface area (Å²) in [4.78, 5) is 24.5. The Morgan fingerprint density at radius 3 is 2.50 bits per heavy atom. The smallest absolute Gasteiger partial charge is 0.339 e. The molecule has 1 aliphatic rings. The number of methoxy groups -OCH3 is 1. The van der Waals surface area contributed by atoms with Crippen molar-refractivity contribution in [1.82, 2.24) is 4.31 Å². The van der Waals surface area contributed by atoms with E-state index in [0.717, 1.165) is 0 Å². The zero-order chi connectivity index (χ0) is 21.7. The Morgan fingerprint density at radius 2 is 1.83 bits per heavy atom. The van der Waals surface area contributed by atoms with Crippen LogP contribution in [0.3, 0.4) is 0 Å². The number of esters is 1. The summed E-state index contributed by atoms with van der Waals surface area (Å²) in [6, 6.07) is 13.4. The molecule has 0 saturated carbocycles. The van der Waals surface area contributed by atoms with Crippen molar-refractivity contribution < 1.29 is 22.7 Å². The molecular weight excluding hydrogens is 428 g/mol. The average Bonchev–Trinajstić information content (AvgIpc) is 2.73. The number of para-hydroxylation sites is 1. The van der Waals surface area contributed by atoms with Crippen molar-refractivity contribution in [2.75, 3.05) is 25.5 Å². The second-order valence-corrected chi connectivity index (χ2v) is 9.49. The highest BCUT2D eigenvalue weighted by Gasteiger charge is 2.31. The van der Waals surface area contributed by atoms with Gasteiger partial charge in [-0.25, -0.2) is 17.5 Å². The van der Waals surface area contributed by atoms with E-state index in [0.29, 0.717) is 29.1 Å². The summed E-state index contributed by atoms with van der Waals surface area (Å²) < 4.78 is 31.6. The van der Waals surface area contributed by atoms with Crippen molar-refractivity contribution in [3.63, 3.8) is 0 Å². The van der Waals surface area contributed by atoms with Crippen molar-refractivity contribution in [2.24, 2.45) is 5.92 Å². The molecule has 1 saturated heterocycles. The van der Waals surface area contributed by atoms with Gasteiger partial charge in [0.25, 0.3) is 0 Å². The third kappa shape index (κ3) is 5.38. The molecule has 7 nitrogen and oxygen atoms in total. The van der Waals surface area contributed by atoms with Crippen LogP contribution in [-0.2, 0) is 25.3 Å². The summed E-state index contributed by atoms with van der Waals surface area (Å²) >= 11 is 5.94. The first-order chi connectivity index (χ1) is 14.3. The Hall–Kier alpha value is -2.42. The average molecular weight is 451 g/mol. The number of nitrogens with one attached hydrogen (secondary N) is 1. The van der Waals surface area contributed by atoms with Crippen molar-refractivity contribution >= 4 is 39.2 Å². The Morgan fingerprint density at radius 1 is 1.13 bits per heavy atom. The van der Waals surface area contributed by atoms with Gasteiger partial charge in [0, 0.05) is 24.0 Å². The zero-order valence-corrected chi connectivity index (χ0v) is 18.1. The van der Waals surface area contributed by atoms with Gasteiger partial charge in [-0.3, -0.25) is 4.79 Å². The molecule has 160 valence electrons. The number of rotatable bonds is 6. The quantitative estimate of drug-likeness (QED) is 0.681. The van der Waals surface area contributed by atoms with Crippen LogP contribution in [0.2, 0.25) is 5.02 Å². The van der Waals surface area contributed by atoms with E-state index in [1.807, 2.05) is 0 Å². The first-order valence-electron chi connectivity index (χ1n) is 9.50. The van der Waals surface area contributed by atoms with Gasteiger partial charge in [0.2, 0.25) is 15.9 Å². The number of ether oxygens (including phenoxy) is 1. The van der Waals surface area contributed by atoms with E-state index in [1.165, 1.54) is 11.4 Å². The van der Waals surface area contributed by atoms with Crippen molar-refractivity contribution in [2.45, 2.75) is 18.6 Å². The van der Waals surface area contributed by atoms with Crippen LogP contribution in [0, 0.1) is 5.92 Å². The Balaban J connectivity index is 1.60. The van der Waals surface area contributed by atoms with Crippen LogP contribution in [-0.4, -0.2) is 44.8 Å². The lowest BCUT2D eigenvalue weighted by atomic mass is 9.97. The first kappa shape index (κ1) is 22.3. The van der Waals surface area contributed by atoms with Gasteiger partial charge >= 0.3 is 5.97 Å². The van der Waals surface area contributed by atoms with Gasteiger partial charge < -0.3 is 10.1 Å². The van der Waals surface area contributed by atoms with Crippen LogP contribution in [0.1, 0.15) is 28.8 Å². The van der Waals surface area contributed by atoms with Crippen LogP contribution in [0.5, 0.6) is 0 Å². The number of halogens is 1. The van der Waals surface area contributed by atoms with Crippen LogP contribution in [0.4, 0.5) is 5.69 Å². The SMILES string of the molecule is COC(=O)c1ccccc1NC(=O)C1CCN(S(=O)(=O)Cc2cccc(Cl)c2)CC1. The number of benzene rings is 2. The van der Waals surface area contributed by atoms with Crippen LogP contribution in [0.15, 0.2) is 48.5 Å². The van der Waals surface area contributed by atoms with E-state index < -0.39 is 16.0 Å². The molecule has 1 amide bonds. The Kier molecular flexibility index (Phi) is 7.12. The van der Waals surface area contributed by atoms with Crippen molar-refractivity contribution in [3.8, 4) is 0 Å². The summed E-state index contributed by atoms with van der Waals surface area (Å²) in [6.07, 6.45) is 0.808. The third-order valence-corrected chi connectivity index (χ3v) is 7.13. The summed E-state index contributed by atoms with van der Waals surface area (Å²) in [5.41, 5.74) is 1.28. The van der Waals surface area contributed by atoms with Gasteiger partial charge in [0.1, 0.15) is 0 Å². The molecule has 1 N–H and O–H groups in total. The molecular formula is C21H23ClN2O5S. The fraction of sp³-hybridized carbons (Fsp3) is 0.333. The van der Waals surface area contributed by atoms with Gasteiger partial charge in [-0.1, -0.05) is 35.9 Å². The fourth-order valence-corrected chi connectivity index (χ4v) is 5.20. The minimum atomic E-state index is -3.50. The predicted molar refractivity (Wildman–Crippen MR) is 115 cm³/mol. The number of carbonyl (C=O) groups excluding carboxylic acids is 2. The normalized spacial score (nSPS) is 15.5. The van der Waals surface area contributed by atoms with Gasteiger partial charge in [0.15, 0.2) is 0 Å².